The molecule has 0 amide bonds. The topological polar surface area (TPSA) is 17.1 Å². The van der Waals surface area contributed by atoms with Crippen LogP contribution in [0.1, 0.15) is 86.3 Å². The Hall–Kier alpha value is -1.11. The molecule has 0 saturated heterocycles. The normalized spacial score (nSPS) is 10.8. The zero-order valence-electron chi connectivity index (χ0n) is 13.7. The molecular formula is C19H30O. The molecular weight excluding hydrogens is 244 g/mol. The maximum absolute atomic E-state index is 11.8. The fourth-order valence-corrected chi connectivity index (χ4v) is 2.72. The van der Waals surface area contributed by atoms with E-state index in [1.165, 1.54) is 55.2 Å². The number of unbranched alkanes of at least 4 members (excludes halogenated alkanes) is 4. The van der Waals surface area contributed by atoms with Gasteiger partial charge in [0.15, 0.2) is 5.78 Å². The number of aryl methyl sites for hydroxylation is 3. The molecule has 0 radical (unpaired) electrons. The molecule has 0 fully saturated rings. The van der Waals surface area contributed by atoms with Crippen molar-refractivity contribution in [3.05, 3.63) is 34.4 Å². The van der Waals surface area contributed by atoms with Crippen LogP contribution in [0.5, 0.6) is 0 Å². The van der Waals surface area contributed by atoms with Gasteiger partial charge in [0.25, 0.3) is 0 Å². The van der Waals surface area contributed by atoms with Crippen molar-refractivity contribution in [2.75, 3.05) is 0 Å². The summed E-state index contributed by atoms with van der Waals surface area (Å²) in [5.41, 5.74) is 4.92. The van der Waals surface area contributed by atoms with Crippen LogP contribution in [-0.4, -0.2) is 5.78 Å². The molecule has 112 valence electrons. The van der Waals surface area contributed by atoms with Crippen molar-refractivity contribution >= 4 is 5.78 Å². The minimum absolute atomic E-state index is 0.205. The van der Waals surface area contributed by atoms with Gasteiger partial charge in [-0.2, -0.15) is 0 Å². The van der Waals surface area contributed by atoms with E-state index in [0.29, 0.717) is 0 Å². The Balaban J connectivity index is 2.86. The van der Waals surface area contributed by atoms with Crippen LogP contribution in [0.2, 0.25) is 0 Å². The minimum Gasteiger partial charge on any atom is -0.295 e. The molecule has 20 heavy (non-hydrogen) atoms. The van der Waals surface area contributed by atoms with E-state index >= 15 is 0 Å². The van der Waals surface area contributed by atoms with Gasteiger partial charge in [0, 0.05) is 5.56 Å². The highest BCUT2D eigenvalue weighted by atomic mass is 16.1. The average molecular weight is 274 g/mol. The van der Waals surface area contributed by atoms with E-state index in [0.717, 1.165) is 18.4 Å². The number of Topliss-reactive ketones (excluding diaryl/α,β-unsaturated/α-hetero) is 1. The predicted octanol–water partition coefficient (Wildman–Crippen LogP) is 5.66. The highest BCUT2D eigenvalue weighted by Crippen LogP contribution is 2.21. The van der Waals surface area contributed by atoms with Gasteiger partial charge in [0.2, 0.25) is 0 Å². The summed E-state index contributed by atoms with van der Waals surface area (Å²) in [6.07, 6.45) is 9.72. The molecule has 0 N–H and O–H groups in total. The van der Waals surface area contributed by atoms with E-state index in [1.807, 2.05) is 0 Å². The smallest absolute Gasteiger partial charge is 0.160 e. The van der Waals surface area contributed by atoms with Gasteiger partial charge >= 0.3 is 0 Å². The van der Waals surface area contributed by atoms with Crippen LogP contribution in [-0.2, 0) is 12.8 Å². The lowest BCUT2D eigenvalue weighted by Gasteiger charge is -2.13. The summed E-state index contributed by atoms with van der Waals surface area (Å²) in [5, 5.41) is 0. The molecule has 0 heterocycles. The Kier molecular flexibility index (Phi) is 7.58. The molecule has 1 nitrogen and oxygen atoms in total. The first kappa shape index (κ1) is 16.9. The molecule has 0 bridgehead atoms. The number of rotatable bonds is 9. The molecule has 0 saturated carbocycles. The van der Waals surface area contributed by atoms with Crippen molar-refractivity contribution in [1.29, 1.82) is 0 Å². The van der Waals surface area contributed by atoms with Crippen molar-refractivity contribution in [1.82, 2.24) is 0 Å². The molecule has 0 spiro atoms. The lowest BCUT2D eigenvalue weighted by atomic mass is 9.92. The van der Waals surface area contributed by atoms with Crippen LogP contribution < -0.4 is 0 Å². The second-order valence-electron chi connectivity index (χ2n) is 5.91. The minimum atomic E-state index is 0.205. The maximum Gasteiger partial charge on any atom is 0.160 e. The fourth-order valence-electron chi connectivity index (χ4n) is 2.72. The highest BCUT2D eigenvalue weighted by Gasteiger charge is 2.10. The predicted molar refractivity (Wildman–Crippen MR) is 87.6 cm³/mol. The number of hydrogen-bond donors (Lipinski definition) is 0. The van der Waals surface area contributed by atoms with Crippen molar-refractivity contribution in [3.8, 4) is 0 Å². The maximum atomic E-state index is 11.8. The van der Waals surface area contributed by atoms with E-state index in [1.54, 1.807) is 6.92 Å². The third kappa shape index (κ3) is 5.11. The van der Waals surface area contributed by atoms with Crippen molar-refractivity contribution in [2.45, 2.75) is 79.1 Å². The Bertz CT molecular complexity index is 432. The first-order valence-corrected chi connectivity index (χ1v) is 8.23. The summed E-state index contributed by atoms with van der Waals surface area (Å²) in [7, 11) is 0. The Morgan fingerprint density at radius 1 is 0.900 bits per heavy atom. The molecule has 0 atom stereocenters. The van der Waals surface area contributed by atoms with Gasteiger partial charge in [0.05, 0.1) is 0 Å². The van der Waals surface area contributed by atoms with Gasteiger partial charge in [0.1, 0.15) is 0 Å². The molecule has 1 aromatic carbocycles. The average Bonchev–Trinajstić information content (AvgIpc) is 2.43. The summed E-state index contributed by atoms with van der Waals surface area (Å²) >= 11 is 0. The fraction of sp³-hybridized carbons (Fsp3) is 0.632. The monoisotopic (exact) mass is 274 g/mol. The second kappa shape index (κ2) is 8.94. The van der Waals surface area contributed by atoms with E-state index in [-0.39, 0.29) is 5.78 Å². The molecule has 0 aromatic heterocycles. The summed E-state index contributed by atoms with van der Waals surface area (Å²) < 4.78 is 0. The number of carbonyl (C=O) groups excluding carboxylic acids is 1. The molecule has 0 aliphatic carbocycles. The van der Waals surface area contributed by atoms with Gasteiger partial charge in [-0.25, -0.2) is 0 Å². The summed E-state index contributed by atoms with van der Waals surface area (Å²) in [5.74, 6) is 0.205. The van der Waals surface area contributed by atoms with E-state index in [2.05, 4.69) is 32.9 Å². The Labute approximate surface area is 124 Å². The number of carbonyl (C=O) groups is 1. The van der Waals surface area contributed by atoms with Gasteiger partial charge in [-0.05, 0) is 62.3 Å². The summed E-state index contributed by atoms with van der Waals surface area (Å²) in [6.45, 7) is 8.28. The van der Waals surface area contributed by atoms with Crippen molar-refractivity contribution in [2.24, 2.45) is 0 Å². The third-order valence-electron chi connectivity index (χ3n) is 4.04. The van der Waals surface area contributed by atoms with E-state index in [9.17, 15) is 4.79 Å². The Morgan fingerprint density at radius 3 is 2.15 bits per heavy atom. The zero-order valence-corrected chi connectivity index (χ0v) is 13.7. The molecule has 0 aliphatic rings. The van der Waals surface area contributed by atoms with Crippen LogP contribution in [0.4, 0.5) is 0 Å². The van der Waals surface area contributed by atoms with Crippen LogP contribution in [0, 0.1) is 6.92 Å². The van der Waals surface area contributed by atoms with Crippen molar-refractivity contribution in [3.63, 3.8) is 0 Å². The third-order valence-corrected chi connectivity index (χ3v) is 4.04. The largest absolute Gasteiger partial charge is 0.295 e. The number of hydrogen-bond acceptors (Lipinski definition) is 1. The van der Waals surface area contributed by atoms with E-state index < -0.39 is 0 Å². The lowest BCUT2D eigenvalue weighted by molar-refractivity contribution is 0.101. The lowest BCUT2D eigenvalue weighted by Crippen LogP contribution is -2.04. The van der Waals surface area contributed by atoms with Gasteiger partial charge in [-0.3, -0.25) is 4.79 Å². The quantitative estimate of drug-likeness (QED) is 0.419. The zero-order chi connectivity index (χ0) is 15.0. The van der Waals surface area contributed by atoms with Crippen LogP contribution >= 0.6 is 0 Å². The highest BCUT2D eigenvalue weighted by molar-refractivity contribution is 5.95. The van der Waals surface area contributed by atoms with Crippen molar-refractivity contribution < 1.29 is 4.79 Å². The Morgan fingerprint density at radius 2 is 1.55 bits per heavy atom. The van der Waals surface area contributed by atoms with Gasteiger partial charge in [-0.15, -0.1) is 0 Å². The molecule has 0 unspecified atom stereocenters. The first-order chi connectivity index (χ1) is 9.60. The summed E-state index contributed by atoms with van der Waals surface area (Å²) in [4.78, 5) is 11.8. The molecule has 1 rings (SSSR count). The number of benzene rings is 1. The van der Waals surface area contributed by atoms with Crippen LogP contribution in [0.25, 0.3) is 0 Å². The summed E-state index contributed by atoms with van der Waals surface area (Å²) in [6, 6.07) is 4.41. The standard InChI is InChI=1S/C19H30O/c1-5-7-9-10-12-17-14-18(11-8-6-2)19(16(4)20)13-15(17)3/h13-14H,5-12H2,1-4H3. The molecule has 0 aliphatic heterocycles. The van der Waals surface area contributed by atoms with Gasteiger partial charge in [-0.1, -0.05) is 45.6 Å². The SMILES string of the molecule is CCCCCCc1cc(CCCC)c(C(C)=O)cc1C. The van der Waals surface area contributed by atoms with Gasteiger partial charge < -0.3 is 0 Å². The molecule has 1 heteroatoms. The second-order valence-corrected chi connectivity index (χ2v) is 5.91. The first-order valence-electron chi connectivity index (χ1n) is 8.23. The number of ketones is 1. The van der Waals surface area contributed by atoms with Crippen LogP contribution in [0.3, 0.4) is 0 Å². The van der Waals surface area contributed by atoms with Crippen LogP contribution in [0.15, 0.2) is 12.1 Å². The molecule has 1 aromatic rings. The van der Waals surface area contributed by atoms with E-state index in [4.69, 9.17) is 0 Å².